The maximum absolute atomic E-state index is 11.1. The first-order valence-corrected chi connectivity index (χ1v) is 6.22. The van der Waals surface area contributed by atoms with Gasteiger partial charge in [-0.05, 0) is 30.0 Å². The van der Waals surface area contributed by atoms with Gasteiger partial charge < -0.3 is 5.11 Å². The number of aromatic carboxylic acids is 1. The number of hydrogen-bond acceptors (Lipinski definition) is 5. The summed E-state index contributed by atoms with van der Waals surface area (Å²) in [6, 6.07) is 6.67. The van der Waals surface area contributed by atoms with Crippen LogP contribution in [0, 0.1) is 0 Å². The number of carboxylic acid groups (broad SMARTS) is 1. The van der Waals surface area contributed by atoms with Gasteiger partial charge in [0.1, 0.15) is 10.1 Å². The van der Waals surface area contributed by atoms with E-state index in [-0.39, 0.29) is 5.56 Å². The van der Waals surface area contributed by atoms with Crippen LogP contribution >= 0.6 is 11.8 Å². The van der Waals surface area contributed by atoms with E-state index in [1.165, 1.54) is 17.8 Å². The van der Waals surface area contributed by atoms with E-state index in [0.717, 1.165) is 0 Å². The highest BCUT2D eigenvalue weighted by atomic mass is 32.2. The van der Waals surface area contributed by atoms with Gasteiger partial charge in [-0.3, -0.25) is 0 Å². The standard InChI is InChI=1S/C12H8N4O2S/c17-12(18)8-2-1-5-13-11(8)19-10-4-7-16-9(15-10)3-6-14-16/h1-7H,(H,17,18). The van der Waals surface area contributed by atoms with Crippen LogP contribution < -0.4 is 0 Å². The molecule has 0 aromatic carbocycles. The van der Waals surface area contributed by atoms with E-state index in [9.17, 15) is 4.79 Å². The molecular formula is C12H8N4O2S. The minimum absolute atomic E-state index is 0.169. The normalized spacial score (nSPS) is 10.7. The van der Waals surface area contributed by atoms with Gasteiger partial charge in [-0.2, -0.15) is 5.10 Å². The first kappa shape index (κ1) is 11.7. The van der Waals surface area contributed by atoms with Gasteiger partial charge in [0.15, 0.2) is 5.65 Å². The van der Waals surface area contributed by atoms with Crippen LogP contribution in [0.5, 0.6) is 0 Å². The molecule has 0 aliphatic carbocycles. The highest BCUT2D eigenvalue weighted by Gasteiger charge is 2.12. The van der Waals surface area contributed by atoms with E-state index in [0.29, 0.717) is 15.7 Å². The van der Waals surface area contributed by atoms with Gasteiger partial charge >= 0.3 is 5.97 Å². The molecule has 0 fully saturated rings. The zero-order valence-corrected chi connectivity index (χ0v) is 10.4. The second kappa shape index (κ2) is 4.69. The van der Waals surface area contributed by atoms with Crippen molar-refractivity contribution in [2.24, 2.45) is 0 Å². The Morgan fingerprint density at radius 1 is 1.26 bits per heavy atom. The van der Waals surface area contributed by atoms with E-state index in [1.54, 1.807) is 41.3 Å². The summed E-state index contributed by atoms with van der Waals surface area (Å²) in [5.74, 6) is -0.999. The molecule has 3 rings (SSSR count). The molecule has 19 heavy (non-hydrogen) atoms. The minimum Gasteiger partial charge on any atom is -0.478 e. The second-order valence-corrected chi connectivity index (χ2v) is 4.67. The lowest BCUT2D eigenvalue weighted by atomic mass is 10.3. The van der Waals surface area contributed by atoms with Crippen LogP contribution in [-0.4, -0.2) is 30.7 Å². The Morgan fingerprint density at radius 3 is 3.00 bits per heavy atom. The molecule has 6 nitrogen and oxygen atoms in total. The van der Waals surface area contributed by atoms with Crippen molar-refractivity contribution in [1.82, 2.24) is 19.6 Å². The Kier molecular flexibility index (Phi) is 2.88. The molecule has 3 heterocycles. The molecule has 0 aliphatic rings. The first-order valence-electron chi connectivity index (χ1n) is 5.40. The molecule has 0 bridgehead atoms. The third-order valence-electron chi connectivity index (χ3n) is 2.44. The van der Waals surface area contributed by atoms with E-state index in [1.807, 2.05) is 0 Å². The summed E-state index contributed by atoms with van der Waals surface area (Å²) in [6.45, 7) is 0. The molecule has 0 spiro atoms. The number of carboxylic acids is 1. The van der Waals surface area contributed by atoms with Gasteiger partial charge in [-0.25, -0.2) is 19.3 Å². The lowest BCUT2D eigenvalue weighted by Gasteiger charge is -2.03. The number of rotatable bonds is 3. The van der Waals surface area contributed by atoms with E-state index in [2.05, 4.69) is 15.1 Å². The zero-order valence-electron chi connectivity index (χ0n) is 9.59. The fourth-order valence-electron chi connectivity index (χ4n) is 1.59. The molecule has 0 unspecified atom stereocenters. The van der Waals surface area contributed by atoms with Crippen molar-refractivity contribution in [2.75, 3.05) is 0 Å². The Hall–Kier alpha value is -2.41. The second-order valence-electron chi connectivity index (χ2n) is 3.66. The number of nitrogens with zero attached hydrogens (tertiary/aromatic N) is 4. The average molecular weight is 272 g/mol. The number of fused-ring (bicyclic) bond motifs is 1. The molecule has 0 radical (unpaired) electrons. The van der Waals surface area contributed by atoms with Gasteiger partial charge in [0.2, 0.25) is 0 Å². The molecule has 0 atom stereocenters. The summed E-state index contributed by atoms with van der Waals surface area (Å²) < 4.78 is 1.64. The van der Waals surface area contributed by atoms with Gasteiger partial charge in [0.25, 0.3) is 0 Å². The maximum Gasteiger partial charge on any atom is 0.338 e. The monoisotopic (exact) mass is 272 g/mol. The van der Waals surface area contributed by atoms with Crippen molar-refractivity contribution in [3.63, 3.8) is 0 Å². The fourth-order valence-corrected chi connectivity index (χ4v) is 2.43. The van der Waals surface area contributed by atoms with Crippen molar-refractivity contribution in [3.8, 4) is 0 Å². The topological polar surface area (TPSA) is 80.4 Å². The van der Waals surface area contributed by atoms with Gasteiger partial charge in [-0.1, -0.05) is 0 Å². The largest absolute Gasteiger partial charge is 0.478 e. The summed E-state index contributed by atoms with van der Waals surface area (Å²) in [5, 5.41) is 14.2. The van der Waals surface area contributed by atoms with E-state index in [4.69, 9.17) is 5.11 Å². The quantitative estimate of drug-likeness (QED) is 0.734. The summed E-state index contributed by atoms with van der Waals surface area (Å²) in [4.78, 5) is 19.5. The molecule has 3 aromatic rings. The number of carbonyl (C=O) groups is 1. The maximum atomic E-state index is 11.1. The summed E-state index contributed by atoms with van der Waals surface area (Å²) >= 11 is 1.22. The van der Waals surface area contributed by atoms with Crippen LogP contribution in [0.4, 0.5) is 0 Å². The number of pyridine rings is 1. The van der Waals surface area contributed by atoms with Crippen LogP contribution in [0.3, 0.4) is 0 Å². The molecule has 0 amide bonds. The molecule has 7 heteroatoms. The lowest BCUT2D eigenvalue weighted by Crippen LogP contribution is -2.00. The third kappa shape index (κ3) is 2.27. The van der Waals surface area contributed by atoms with Crippen LogP contribution in [0.1, 0.15) is 10.4 Å². The van der Waals surface area contributed by atoms with Crippen molar-refractivity contribution < 1.29 is 9.90 Å². The molecular weight excluding hydrogens is 264 g/mol. The zero-order chi connectivity index (χ0) is 13.2. The highest BCUT2D eigenvalue weighted by molar-refractivity contribution is 7.99. The molecule has 0 saturated heterocycles. The number of aromatic nitrogens is 4. The predicted molar refractivity (Wildman–Crippen MR) is 68.3 cm³/mol. The van der Waals surface area contributed by atoms with Crippen molar-refractivity contribution in [3.05, 3.63) is 48.4 Å². The Labute approximate surface area is 112 Å². The van der Waals surface area contributed by atoms with Crippen LogP contribution in [-0.2, 0) is 0 Å². The summed E-state index contributed by atoms with van der Waals surface area (Å²) in [5.41, 5.74) is 0.875. The lowest BCUT2D eigenvalue weighted by molar-refractivity contribution is 0.0692. The van der Waals surface area contributed by atoms with Gasteiger partial charge in [0, 0.05) is 18.5 Å². The summed E-state index contributed by atoms with van der Waals surface area (Å²) in [6.07, 6.45) is 4.99. The van der Waals surface area contributed by atoms with E-state index >= 15 is 0 Å². The smallest absolute Gasteiger partial charge is 0.338 e. The highest BCUT2D eigenvalue weighted by Crippen LogP contribution is 2.27. The van der Waals surface area contributed by atoms with Gasteiger partial charge in [-0.15, -0.1) is 0 Å². The summed E-state index contributed by atoms with van der Waals surface area (Å²) in [7, 11) is 0. The van der Waals surface area contributed by atoms with Crippen molar-refractivity contribution in [2.45, 2.75) is 10.1 Å². The molecule has 1 N–H and O–H groups in total. The predicted octanol–water partition coefficient (Wildman–Crippen LogP) is 1.97. The van der Waals surface area contributed by atoms with E-state index < -0.39 is 5.97 Å². The van der Waals surface area contributed by atoms with Crippen LogP contribution in [0.15, 0.2) is 52.9 Å². The van der Waals surface area contributed by atoms with Crippen molar-refractivity contribution in [1.29, 1.82) is 0 Å². The molecule has 3 aromatic heterocycles. The van der Waals surface area contributed by atoms with Gasteiger partial charge in [0.05, 0.1) is 11.8 Å². The third-order valence-corrected chi connectivity index (χ3v) is 3.39. The molecule has 0 saturated carbocycles. The van der Waals surface area contributed by atoms with Crippen LogP contribution in [0.2, 0.25) is 0 Å². The number of hydrogen-bond donors (Lipinski definition) is 1. The van der Waals surface area contributed by atoms with Crippen LogP contribution in [0.25, 0.3) is 5.65 Å². The molecule has 94 valence electrons. The average Bonchev–Trinajstić information content (AvgIpc) is 2.86. The molecule has 0 aliphatic heterocycles. The SMILES string of the molecule is O=C(O)c1cccnc1Sc1ccn2nccc2n1. The Balaban J connectivity index is 1.98. The fraction of sp³-hybridized carbons (Fsp3) is 0. The Bertz CT molecular complexity index is 756. The Morgan fingerprint density at radius 2 is 2.16 bits per heavy atom. The minimum atomic E-state index is -0.999. The first-order chi connectivity index (χ1) is 9.24. The van der Waals surface area contributed by atoms with Crippen molar-refractivity contribution >= 4 is 23.4 Å².